The highest BCUT2D eigenvalue weighted by molar-refractivity contribution is 7.86. The smallest absolute Gasteiger partial charge is 0.338 e. The highest BCUT2D eigenvalue weighted by atomic mass is 32.2. The second kappa shape index (κ2) is 8.65. The number of carbonyl (C=O) groups excluding carboxylic acids is 2. The maximum Gasteiger partial charge on any atom is 0.338 e. The van der Waals surface area contributed by atoms with Gasteiger partial charge in [-0.25, -0.2) is 9.59 Å². The fourth-order valence-electron chi connectivity index (χ4n) is 2.20. The summed E-state index contributed by atoms with van der Waals surface area (Å²) in [6.07, 6.45) is 0. The van der Waals surface area contributed by atoms with Crippen LogP contribution in [0.3, 0.4) is 0 Å². The van der Waals surface area contributed by atoms with Gasteiger partial charge in [0.2, 0.25) is 0 Å². The normalized spacial score (nSPS) is 10.9. The molecule has 0 spiro atoms. The first-order valence-corrected chi connectivity index (χ1v) is 9.44. The largest absolute Gasteiger partial charge is 0.462 e. The predicted octanol–water partition coefficient (Wildman–Crippen LogP) is 3.08. The number of para-hydroxylation sites is 1. The summed E-state index contributed by atoms with van der Waals surface area (Å²) in [7, 11) is -4.53. The van der Waals surface area contributed by atoms with Gasteiger partial charge in [0.25, 0.3) is 10.1 Å². The van der Waals surface area contributed by atoms with E-state index in [9.17, 15) is 22.6 Å². The van der Waals surface area contributed by atoms with Crippen LogP contribution in [-0.4, -0.2) is 38.1 Å². The zero-order valence-corrected chi connectivity index (χ0v) is 15.5. The molecule has 144 valence electrons. The lowest BCUT2D eigenvalue weighted by Crippen LogP contribution is -2.10. The summed E-state index contributed by atoms with van der Waals surface area (Å²) < 4.78 is 47.7. The lowest BCUT2D eigenvalue weighted by atomic mass is 10.1. The number of hydrogen-bond donors (Lipinski definition) is 1. The molecule has 0 fully saturated rings. The Hall–Kier alpha value is -2.91. The van der Waals surface area contributed by atoms with Crippen LogP contribution in [0.25, 0.3) is 0 Å². The monoisotopic (exact) mass is 394 g/mol. The van der Waals surface area contributed by atoms with Gasteiger partial charge in [0, 0.05) is 0 Å². The van der Waals surface area contributed by atoms with Gasteiger partial charge in [0.05, 0.1) is 24.3 Å². The highest BCUT2D eigenvalue weighted by Gasteiger charge is 2.19. The molecule has 0 aliphatic carbocycles. The van der Waals surface area contributed by atoms with E-state index in [0.717, 1.165) is 6.07 Å². The van der Waals surface area contributed by atoms with Crippen molar-refractivity contribution in [1.82, 2.24) is 0 Å². The van der Waals surface area contributed by atoms with E-state index in [1.165, 1.54) is 36.4 Å². The molecule has 2 aromatic carbocycles. The van der Waals surface area contributed by atoms with Gasteiger partial charge in [-0.3, -0.25) is 4.55 Å². The first-order valence-electron chi connectivity index (χ1n) is 8.00. The van der Waals surface area contributed by atoms with Crippen molar-refractivity contribution in [2.24, 2.45) is 0 Å². The fourth-order valence-corrected chi connectivity index (χ4v) is 2.81. The van der Waals surface area contributed by atoms with Crippen LogP contribution in [0.5, 0.6) is 11.5 Å². The molecule has 27 heavy (non-hydrogen) atoms. The van der Waals surface area contributed by atoms with E-state index in [2.05, 4.69) is 0 Å². The molecule has 0 bridgehead atoms. The molecule has 0 heterocycles. The molecule has 0 atom stereocenters. The Balaban J connectivity index is 2.50. The second-order valence-electron chi connectivity index (χ2n) is 5.21. The third-order valence-electron chi connectivity index (χ3n) is 3.28. The molecule has 0 aliphatic heterocycles. The number of rotatable bonds is 7. The molecule has 2 rings (SSSR count). The Labute approximate surface area is 156 Å². The highest BCUT2D eigenvalue weighted by Crippen LogP contribution is 2.30. The minimum atomic E-state index is -4.53. The lowest BCUT2D eigenvalue weighted by Gasteiger charge is -2.12. The predicted molar refractivity (Wildman–Crippen MR) is 94.7 cm³/mol. The Morgan fingerprint density at radius 1 is 0.926 bits per heavy atom. The number of ether oxygens (including phenoxy) is 3. The minimum Gasteiger partial charge on any atom is -0.462 e. The van der Waals surface area contributed by atoms with E-state index in [-0.39, 0.29) is 35.8 Å². The van der Waals surface area contributed by atoms with E-state index >= 15 is 0 Å². The average molecular weight is 394 g/mol. The third-order valence-corrected chi connectivity index (χ3v) is 4.18. The van der Waals surface area contributed by atoms with Crippen molar-refractivity contribution in [2.75, 3.05) is 13.2 Å². The van der Waals surface area contributed by atoms with Gasteiger partial charge in [-0.05, 0) is 44.2 Å². The van der Waals surface area contributed by atoms with Gasteiger partial charge in [0.1, 0.15) is 16.4 Å². The van der Waals surface area contributed by atoms with Crippen molar-refractivity contribution < 1.29 is 36.8 Å². The number of benzene rings is 2. The van der Waals surface area contributed by atoms with Crippen LogP contribution in [0.1, 0.15) is 34.6 Å². The van der Waals surface area contributed by atoms with Gasteiger partial charge in [-0.1, -0.05) is 12.1 Å². The van der Waals surface area contributed by atoms with Crippen molar-refractivity contribution in [1.29, 1.82) is 0 Å². The summed E-state index contributed by atoms with van der Waals surface area (Å²) in [5.41, 5.74) is 0.0588. The van der Waals surface area contributed by atoms with E-state index in [4.69, 9.17) is 14.2 Å². The SMILES string of the molecule is CCOC(=O)c1cc(Oc2ccccc2S(=O)(=O)O)cc(C(=O)OCC)c1. The molecule has 0 aromatic heterocycles. The van der Waals surface area contributed by atoms with Gasteiger partial charge in [-0.15, -0.1) is 0 Å². The summed E-state index contributed by atoms with van der Waals surface area (Å²) in [5.74, 6) is -1.54. The van der Waals surface area contributed by atoms with Crippen molar-refractivity contribution >= 4 is 22.1 Å². The van der Waals surface area contributed by atoms with E-state index in [1.807, 2.05) is 0 Å². The van der Waals surface area contributed by atoms with E-state index in [1.54, 1.807) is 13.8 Å². The van der Waals surface area contributed by atoms with E-state index in [0.29, 0.717) is 0 Å². The molecule has 1 N–H and O–H groups in total. The topological polar surface area (TPSA) is 116 Å². The minimum absolute atomic E-state index is 0.000272. The summed E-state index contributed by atoms with van der Waals surface area (Å²) in [5, 5.41) is 0. The standard InChI is InChI=1S/C18H18O8S/c1-3-24-17(19)12-9-13(18(20)25-4-2)11-14(10-12)26-15-7-5-6-8-16(15)27(21,22)23/h5-11H,3-4H2,1-2H3,(H,21,22,23). The molecule has 8 nitrogen and oxygen atoms in total. The summed E-state index contributed by atoms with van der Waals surface area (Å²) in [6.45, 7) is 3.52. The molecule has 0 radical (unpaired) electrons. The molecule has 0 amide bonds. The number of hydrogen-bond acceptors (Lipinski definition) is 7. The summed E-state index contributed by atoms with van der Waals surface area (Å²) >= 11 is 0. The molecular formula is C18H18O8S. The Bertz CT molecular complexity index is 913. The van der Waals surface area contributed by atoms with E-state index < -0.39 is 27.0 Å². The first-order chi connectivity index (χ1) is 12.8. The number of carbonyl (C=O) groups is 2. The van der Waals surface area contributed by atoms with Crippen LogP contribution >= 0.6 is 0 Å². The molecule has 9 heteroatoms. The van der Waals surface area contributed by atoms with Crippen LogP contribution in [0.4, 0.5) is 0 Å². The van der Waals surface area contributed by atoms with Crippen LogP contribution in [0.2, 0.25) is 0 Å². The van der Waals surface area contributed by atoms with Gasteiger partial charge >= 0.3 is 11.9 Å². The Morgan fingerprint density at radius 3 is 1.93 bits per heavy atom. The molecule has 2 aromatic rings. The van der Waals surface area contributed by atoms with Crippen LogP contribution in [-0.2, 0) is 19.6 Å². The van der Waals surface area contributed by atoms with Gasteiger partial charge in [0.15, 0.2) is 0 Å². The second-order valence-corrected chi connectivity index (χ2v) is 6.60. The quantitative estimate of drug-likeness (QED) is 0.562. The number of esters is 2. The van der Waals surface area contributed by atoms with Crippen LogP contribution < -0.4 is 4.74 Å². The zero-order chi connectivity index (χ0) is 20.0. The van der Waals surface area contributed by atoms with Crippen molar-refractivity contribution in [3.8, 4) is 11.5 Å². The zero-order valence-electron chi connectivity index (χ0n) is 14.7. The van der Waals surface area contributed by atoms with Crippen molar-refractivity contribution in [3.05, 3.63) is 53.6 Å². The molecular weight excluding hydrogens is 376 g/mol. The first kappa shape index (κ1) is 20.4. The molecule has 0 saturated heterocycles. The summed E-state index contributed by atoms with van der Waals surface area (Å²) in [6, 6.07) is 9.28. The average Bonchev–Trinajstić information content (AvgIpc) is 2.61. The fraction of sp³-hybridized carbons (Fsp3) is 0.222. The van der Waals surface area contributed by atoms with Crippen LogP contribution in [0, 0.1) is 0 Å². The molecule has 0 saturated carbocycles. The Kier molecular flexibility index (Phi) is 6.54. The summed E-state index contributed by atoms with van der Waals surface area (Å²) in [4.78, 5) is 23.6. The lowest BCUT2D eigenvalue weighted by molar-refractivity contribution is 0.0524. The molecule has 0 unspecified atom stereocenters. The molecule has 0 aliphatic rings. The van der Waals surface area contributed by atoms with Crippen molar-refractivity contribution in [2.45, 2.75) is 18.7 Å². The third kappa shape index (κ3) is 5.28. The van der Waals surface area contributed by atoms with Crippen molar-refractivity contribution in [3.63, 3.8) is 0 Å². The maximum absolute atomic E-state index is 12.0. The van der Waals surface area contributed by atoms with Gasteiger partial charge < -0.3 is 14.2 Å². The Morgan fingerprint density at radius 2 is 1.44 bits per heavy atom. The maximum atomic E-state index is 12.0. The van der Waals surface area contributed by atoms with Gasteiger partial charge in [-0.2, -0.15) is 8.42 Å². The van der Waals surface area contributed by atoms with Crippen LogP contribution in [0.15, 0.2) is 47.4 Å².